The maximum atomic E-state index is 5.95. The van der Waals surface area contributed by atoms with E-state index in [4.69, 9.17) is 5.73 Å². The molecule has 1 aromatic carbocycles. The molecule has 0 saturated heterocycles. The molecule has 1 unspecified atom stereocenters. The minimum Gasteiger partial charge on any atom is -0.330 e. The van der Waals surface area contributed by atoms with Crippen LogP contribution in [0, 0.1) is 11.3 Å². The van der Waals surface area contributed by atoms with Crippen LogP contribution >= 0.6 is 0 Å². The Morgan fingerprint density at radius 3 is 1.83 bits per heavy atom. The second kappa shape index (κ2) is 5.44. The van der Waals surface area contributed by atoms with Crippen molar-refractivity contribution in [2.75, 3.05) is 6.54 Å². The van der Waals surface area contributed by atoms with Gasteiger partial charge in [0.1, 0.15) is 0 Å². The van der Waals surface area contributed by atoms with Crippen LogP contribution in [0.25, 0.3) is 0 Å². The van der Waals surface area contributed by atoms with Gasteiger partial charge in [0, 0.05) is 0 Å². The summed E-state index contributed by atoms with van der Waals surface area (Å²) >= 11 is 0. The molecule has 0 heterocycles. The first-order valence-electron chi connectivity index (χ1n) is 6.98. The summed E-state index contributed by atoms with van der Waals surface area (Å²) in [6.07, 6.45) is 1.06. The molecule has 18 heavy (non-hydrogen) atoms. The maximum absolute atomic E-state index is 5.95. The second-order valence-corrected chi connectivity index (χ2v) is 7.14. The van der Waals surface area contributed by atoms with Gasteiger partial charge in [0.25, 0.3) is 0 Å². The molecule has 0 aliphatic carbocycles. The Labute approximate surface area is 113 Å². The first-order chi connectivity index (χ1) is 8.19. The number of hydrogen-bond donors (Lipinski definition) is 1. The molecular weight excluding hydrogens is 218 g/mol. The lowest BCUT2D eigenvalue weighted by Gasteiger charge is -2.32. The molecule has 0 amide bonds. The minimum absolute atomic E-state index is 0.198. The second-order valence-electron chi connectivity index (χ2n) is 7.14. The fraction of sp³-hybridized carbons (Fsp3) is 0.647. The summed E-state index contributed by atoms with van der Waals surface area (Å²) in [4.78, 5) is 0. The zero-order valence-corrected chi connectivity index (χ0v) is 12.9. The summed E-state index contributed by atoms with van der Waals surface area (Å²) in [7, 11) is 0. The molecule has 102 valence electrons. The largest absolute Gasteiger partial charge is 0.330 e. The lowest BCUT2D eigenvalue weighted by molar-refractivity contribution is 0.227. The first-order valence-corrected chi connectivity index (χ1v) is 6.98. The molecule has 0 aliphatic rings. The van der Waals surface area contributed by atoms with E-state index in [2.05, 4.69) is 65.8 Å². The molecule has 1 nitrogen and oxygen atoms in total. The fourth-order valence-electron chi connectivity index (χ4n) is 2.10. The maximum Gasteiger partial charge on any atom is -0.00175 e. The summed E-state index contributed by atoms with van der Waals surface area (Å²) in [6.45, 7) is 14.3. The molecule has 0 fully saturated rings. The third-order valence-corrected chi connectivity index (χ3v) is 4.29. The first kappa shape index (κ1) is 15.2. The lowest BCUT2D eigenvalue weighted by Crippen LogP contribution is -2.34. The van der Waals surface area contributed by atoms with E-state index >= 15 is 0 Å². The van der Waals surface area contributed by atoms with Gasteiger partial charge in [-0.25, -0.2) is 0 Å². The van der Waals surface area contributed by atoms with Crippen molar-refractivity contribution >= 4 is 0 Å². The molecule has 0 bridgehead atoms. The molecule has 0 saturated carbocycles. The van der Waals surface area contributed by atoms with E-state index in [9.17, 15) is 0 Å². The van der Waals surface area contributed by atoms with E-state index in [0.29, 0.717) is 5.92 Å². The quantitative estimate of drug-likeness (QED) is 0.850. The Morgan fingerprint density at radius 1 is 1.00 bits per heavy atom. The highest BCUT2D eigenvalue weighted by molar-refractivity contribution is 5.28. The summed E-state index contributed by atoms with van der Waals surface area (Å²) in [6, 6.07) is 9.03. The van der Waals surface area contributed by atoms with E-state index in [1.807, 2.05) is 0 Å². The minimum atomic E-state index is 0.198. The SMILES string of the molecule is CC(C)C(C)(CN)Cc1ccc(C(C)(C)C)cc1. The van der Waals surface area contributed by atoms with Crippen LogP contribution < -0.4 is 5.73 Å². The number of benzene rings is 1. The molecule has 0 aromatic heterocycles. The summed E-state index contributed by atoms with van der Waals surface area (Å²) in [5.74, 6) is 0.602. The van der Waals surface area contributed by atoms with E-state index < -0.39 is 0 Å². The highest BCUT2D eigenvalue weighted by Crippen LogP contribution is 2.31. The average Bonchev–Trinajstić information content (AvgIpc) is 2.28. The van der Waals surface area contributed by atoms with Crippen LogP contribution in [0.3, 0.4) is 0 Å². The normalized spacial score (nSPS) is 15.8. The van der Waals surface area contributed by atoms with Crippen LogP contribution in [0.4, 0.5) is 0 Å². The Kier molecular flexibility index (Phi) is 4.61. The highest BCUT2D eigenvalue weighted by Gasteiger charge is 2.27. The molecule has 0 aliphatic heterocycles. The van der Waals surface area contributed by atoms with Gasteiger partial charge in [-0.3, -0.25) is 0 Å². The molecular formula is C17H29N. The third-order valence-electron chi connectivity index (χ3n) is 4.29. The standard InChI is InChI=1S/C17H29N/c1-13(2)17(6,12-18)11-14-7-9-15(10-8-14)16(3,4)5/h7-10,13H,11-12,18H2,1-6H3. The van der Waals surface area contributed by atoms with Gasteiger partial charge in [0.05, 0.1) is 0 Å². The Balaban J connectivity index is 2.87. The predicted octanol–water partition coefficient (Wildman–Crippen LogP) is 4.15. The van der Waals surface area contributed by atoms with Crippen LogP contribution in [-0.4, -0.2) is 6.54 Å². The van der Waals surface area contributed by atoms with Crippen molar-refractivity contribution in [3.05, 3.63) is 35.4 Å². The molecule has 1 aromatic rings. The van der Waals surface area contributed by atoms with Gasteiger partial charge < -0.3 is 5.73 Å². The number of rotatable bonds is 4. The fourth-order valence-corrected chi connectivity index (χ4v) is 2.10. The smallest absolute Gasteiger partial charge is 0.00175 e. The van der Waals surface area contributed by atoms with Crippen LogP contribution in [-0.2, 0) is 11.8 Å². The topological polar surface area (TPSA) is 26.0 Å². The molecule has 1 atom stereocenters. The van der Waals surface area contributed by atoms with Crippen LogP contribution in [0.1, 0.15) is 52.7 Å². The summed E-state index contributed by atoms with van der Waals surface area (Å²) in [5.41, 5.74) is 9.17. The van der Waals surface area contributed by atoms with Crippen molar-refractivity contribution in [3.63, 3.8) is 0 Å². The van der Waals surface area contributed by atoms with E-state index in [-0.39, 0.29) is 10.8 Å². The van der Waals surface area contributed by atoms with Gasteiger partial charge in [-0.05, 0) is 40.8 Å². The van der Waals surface area contributed by atoms with E-state index in [1.165, 1.54) is 11.1 Å². The highest BCUT2D eigenvalue weighted by atomic mass is 14.6. The van der Waals surface area contributed by atoms with Crippen molar-refractivity contribution in [2.24, 2.45) is 17.1 Å². The van der Waals surface area contributed by atoms with Crippen molar-refractivity contribution < 1.29 is 0 Å². The van der Waals surface area contributed by atoms with Gasteiger partial charge in [0.15, 0.2) is 0 Å². The van der Waals surface area contributed by atoms with Gasteiger partial charge in [0.2, 0.25) is 0 Å². The van der Waals surface area contributed by atoms with Gasteiger partial charge in [-0.2, -0.15) is 0 Å². The zero-order chi connectivity index (χ0) is 14.0. The third kappa shape index (κ3) is 3.58. The van der Waals surface area contributed by atoms with Crippen molar-refractivity contribution in [3.8, 4) is 0 Å². The Morgan fingerprint density at radius 2 is 1.50 bits per heavy atom. The molecule has 2 N–H and O–H groups in total. The molecule has 0 spiro atoms. The summed E-state index contributed by atoms with van der Waals surface area (Å²) in [5, 5.41) is 0. The molecule has 0 radical (unpaired) electrons. The molecule has 1 rings (SSSR count). The van der Waals surface area contributed by atoms with Crippen molar-refractivity contribution in [1.82, 2.24) is 0 Å². The lowest BCUT2D eigenvalue weighted by atomic mass is 9.74. The van der Waals surface area contributed by atoms with Crippen molar-refractivity contribution in [2.45, 2.75) is 53.4 Å². The van der Waals surface area contributed by atoms with E-state index in [1.54, 1.807) is 0 Å². The monoisotopic (exact) mass is 247 g/mol. The molecule has 1 heteroatoms. The number of nitrogens with two attached hydrogens (primary N) is 1. The summed E-state index contributed by atoms with van der Waals surface area (Å²) < 4.78 is 0. The van der Waals surface area contributed by atoms with Gasteiger partial charge in [-0.1, -0.05) is 65.8 Å². The van der Waals surface area contributed by atoms with Crippen LogP contribution in [0.2, 0.25) is 0 Å². The zero-order valence-electron chi connectivity index (χ0n) is 12.9. The van der Waals surface area contributed by atoms with Crippen LogP contribution in [0.15, 0.2) is 24.3 Å². The predicted molar refractivity (Wildman–Crippen MR) is 80.8 cm³/mol. The Hall–Kier alpha value is -0.820. The average molecular weight is 247 g/mol. The van der Waals surface area contributed by atoms with Gasteiger partial charge in [-0.15, -0.1) is 0 Å². The Bertz CT molecular complexity index is 370. The van der Waals surface area contributed by atoms with Crippen molar-refractivity contribution in [1.29, 1.82) is 0 Å². The van der Waals surface area contributed by atoms with E-state index in [0.717, 1.165) is 13.0 Å². The van der Waals surface area contributed by atoms with Crippen LogP contribution in [0.5, 0.6) is 0 Å². The number of hydrogen-bond acceptors (Lipinski definition) is 1. The van der Waals surface area contributed by atoms with Gasteiger partial charge >= 0.3 is 0 Å².